The summed E-state index contributed by atoms with van der Waals surface area (Å²) in [6.07, 6.45) is 0. The van der Waals surface area contributed by atoms with E-state index >= 15 is 0 Å². The molecule has 0 radical (unpaired) electrons. The predicted molar refractivity (Wildman–Crippen MR) is 69.4 cm³/mol. The number of hydrogen-bond acceptors (Lipinski definition) is 2. The van der Waals surface area contributed by atoms with Gasteiger partial charge in [-0.25, -0.2) is 9.88 Å². The Hall–Kier alpha value is -1.35. The molecule has 0 bridgehead atoms. The topological polar surface area (TPSA) is 15.9 Å². The first-order valence-electron chi connectivity index (χ1n) is 5.37. The van der Waals surface area contributed by atoms with Crippen LogP contribution >= 0.6 is 11.3 Å². The first-order valence-corrected chi connectivity index (χ1v) is 6.25. The van der Waals surface area contributed by atoms with Crippen LogP contribution in [0, 0.1) is 20.8 Å². The maximum atomic E-state index is 3.51. The molecule has 3 heteroatoms. The molecule has 1 heterocycles. The molecule has 2 aromatic rings. The Morgan fingerprint density at radius 3 is 2.25 bits per heavy atom. The van der Waals surface area contributed by atoms with E-state index in [4.69, 9.17) is 0 Å². The van der Waals surface area contributed by atoms with E-state index in [1.54, 1.807) is 11.3 Å². The highest BCUT2D eigenvalue weighted by Crippen LogP contribution is 2.25. The van der Waals surface area contributed by atoms with Crippen molar-refractivity contribution in [1.29, 1.82) is 0 Å². The van der Waals surface area contributed by atoms with Crippen molar-refractivity contribution in [2.24, 2.45) is 7.05 Å². The van der Waals surface area contributed by atoms with Gasteiger partial charge in [-0.2, -0.15) is 0 Å². The van der Waals surface area contributed by atoms with Gasteiger partial charge in [-0.3, -0.25) is 0 Å². The van der Waals surface area contributed by atoms with Crippen molar-refractivity contribution in [3.05, 3.63) is 40.4 Å². The van der Waals surface area contributed by atoms with Gasteiger partial charge in [-0.15, -0.1) is 0 Å². The van der Waals surface area contributed by atoms with Gasteiger partial charge in [-0.05, 0) is 31.9 Å². The second kappa shape index (κ2) is 4.26. The zero-order valence-corrected chi connectivity index (χ0v) is 11.0. The van der Waals surface area contributed by atoms with E-state index in [-0.39, 0.29) is 0 Å². The lowest BCUT2D eigenvalue weighted by Gasteiger charge is -2.05. The van der Waals surface area contributed by atoms with Gasteiger partial charge in [0.05, 0.1) is 7.05 Å². The lowest BCUT2D eigenvalue weighted by Crippen LogP contribution is -2.31. The molecule has 0 aliphatic heterocycles. The second-order valence-electron chi connectivity index (χ2n) is 4.13. The van der Waals surface area contributed by atoms with E-state index in [0.29, 0.717) is 0 Å². The number of anilines is 2. The molecule has 2 nitrogen and oxygen atoms in total. The number of thiazole rings is 1. The maximum Gasteiger partial charge on any atom is 0.338 e. The van der Waals surface area contributed by atoms with Crippen molar-refractivity contribution < 1.29 is 4.57 Å². The molecule has 0 unspecified atom stereocenters. The Kier molecular flexibility index (Phi) is 2.97. The Morgan fingerprint density at radius 1 is 1.12 bits per heavy atom. The van der Waals surface area contributed by atoms with E-state index in [1.807, 2.05) is 0 Å². The summed E-state index contributed by atoms with van der Waals surface area (Å²) in [6, 6.07) is 6.36. The van der Waals surface area contributed by atoms with E-state index in [1.165, 1.54) is 27.6 Å². The Morgan fingerprint density at radius 2 is 1.75 bits per heavy atom. The normalized spacial score (nSPS) is 10.5. The second-order valence-corrected chi connectivity index (χ2v) is 4.99. The van der Waals surface area contributed by atoms with Crippen molar-refractivity contribution in [3.8, 4) is 0 Å². The number of aromatic nitrogens is 1. The Balaban J connectivity index is 2.38. The number of nitrogens with zero attached hydrogens (tertiary/aromatic N) is 1. The van der Waals surface area contributed by atoms with Gasteiger partial charge in [0.15, 0.2) is 0 Å². The van der Waals surface area contributed by atoms with Gasteiger partial charge in [0, 0.05) is 5.38 Å². The van der Waals surface area contributed by atoms with Gasteiger partial charge < -0.3 is 0 Å². The molecule has 84 valence electrons. The summed E-state index contributed by atoms with van der Waals surface area (Å²) >= 11 is 1.74. The third-order valence-corrected chi connectivity index (χ3v) is 3.95. The van der Waals surface area contributed by atoms with E-state index < -0.39 is 0 Å². The number of aryl methyl sites for hydroxylation is 3. The maximum absolute atomic E-state index is 3.51. The Bertz CT molecular complexity index is 494. The number of para-hydroxylation sites is 1. The first-order chi connectivity index (χ1) is 7.59. The van der Waals surface area contributed by atoms with Crippen LogP contribution in [-0.4, -0.2) is 0 Å². The molecule has 0 saturated carbocycles. The molecule has 0 aliphatic rings. The van der Waals surface area contributed by atoms with Crippen LogP contribution < -0.4 is 9.88 Å². The van der Waals surface area contributed by atoms with Crippen LogP contribution in [0.15, 0.2) is 23.6 Å². The smallest absolute Gasteiger partial charge is 0.231 e. The molecule has 0 atom stereocenters. The van der Waals surface area contributed by atoms with Crippen LogP contribution in [-0.2, 0) is 7.05 Å². The van der Waals surface area contributed by atoms with Crippen LogP contribution in [0.5, 0.6) is 0 Å². The molecule has 1 aromatic heterocycles. The Labute approximate surface area is 101 Å². The van der Waals surface area contributed by atoms with Crippen molar-refractivity contribution >= 4 is 22.2 Å². The molecule has 0 aliphatic carbocycles. The minimum Gasteiger partial charge on any atom is -0.231 e. The SMILES string of the molecule is Cc1cccc(C)c1Nc1scc(C)[n+]1C. The zero-order chi connectivity index (χ0) is 11.7. The van der Waals surface area contributed by atoms with Crippen LogP contribution in [0.1, 0.15) is 16.8 Å². The molecule has 0 fully saturated rings. The zero-order valence-electron chi connectivity index (χ0n) is 10.2. The van der Waals surface area contributed by atoms with E-state index in [0.717, 1.165) is 0 Å². The minimum atomic E-state index is 1.18. The van der Waals surface area contributed by atoms with Gasteiger partial charge >= 0.3 is 5.13 Å². The molecular formula is C13H17N2S+. The fraction of sp³-hybridized carbons (Fsp3) is 0.308. The molecular weight excluding hydrogens is 216 g/mol. The summed E-state index contributed by atoms with van der Waals surface area (Å²) in [4.78, 5) is 0. The summed E-state index contributed by atoms with van der Waals surface area (Å²) in [7, 11) is 2.09. The highest BCUT2D eigenvalue weighted by Gasteiger charge is 2.14. The van der Waals surface area contributed by atoms with Gasteiger partial charge in [-0.1, -0.05) is 29.5 Å². The van der Waals surface area contributed by atoms with Crippen LogP contribution in [0.2, 0.25) is 0 Å². The van der Waals surface area contributed by atoms with Crippen molar-refractivity contribution in [3.63, 3.8) is 0 Å². The summed E-state index contributed by atoms with van der Waals surface area (Å²) < 4.78 is 2.18. The fourth-order valence-corrected chi connectivity index (χ4v) is 2.59. The summed E-state index contributed by atoms with van der Waals surface area (Å²) in [5, 5.41) is 6.85. The molecule has 0 saturated heterocycles. The fourth-order valence-electron chi connectivity index (χ4n) is 1.69. The molecule has 0 amide bonds. The average molecular weight is 233 g/mol. The van der Waals surface area contributed by atoms with Crippen molar-refractivity contribution in [1.82, 2.24) is 0 Å². The molecule has 1 aromatic carbocycles. The van der Waals surface area contributed by atoms with E-state index in [9.17, 15) is 0 Å². The molecule has 2 rings (SSSR count). The quantitative estimate of drug-likeness (QED) is 0.787. The van der Waals surface area contributed by atoms with E-state index in [2.05, 4.69) is 61.3 Å². The number of nitrogens with one attached hydrogen (secondary N) is 1. The monoisotopic (exact) mass is 233 g/mol. The van der Waals surface area contributed by atoms with Crippen LogP contribution in [0.25, 0.3) is 0 Å². The summed E-state index contributed by atoms with van der Waals surface area (Å²) in [5.74, 6) is 0. The average Bonchev–Trinajstić information content (AvgIpc) is 2.55. The molecule has 1 N–H and O–H groups in total. The first kappa shape index (κ1) is 11.1. The van der Waals surface area contributed by atoms with Gasteiger partial charge in [0.1, 0.15) is 11.4 Å². The van der Waals surface area contributed by atoms with Crippen molar-refractivity contribution in [2.75, 3.05) is 5.32 Å². The lowest BCUT2D eigenvalue weighted by molar-refractivity contribution is -0.658. The highest BCUT2D eigenvalue weighted by atomic mass is 32.1. The standard InChI is InChI=1S/C13H16N2S/c1-9-6-5-7-10(2)12(9)14-13-15(4)11(3)8-16-13/h5-8H,1-4H3/p+1. The third kappa shape index (κ3) is 1.95. The third-order valence-electron chi connectivity index (χ3n) is 2.89. The highest BCUT2D eigenvalue weighted by molar-refractivity contribution is 7.13. The number of benzene rings is 1. The number of hydrogen-bond donors (Lipinski definition) is 1. The van der Waals surface area contributed by atoms with Crippen LogP contribution in [0.4, 0.5) is 10.8 Å². The molecule has 0 spiro atoms. The minimum absolute atomic E-state index is 1.18. The van der Waals surface area contributed by atoms with Crippen molar-refractivity contribution in [2.45, 2.75) is 20.8 Å². The lowest BCUT2D eigenvalue weighted by atomic mass is 10.1. The summed E-state index contributed by atoms with van der Waals surface area (Å²) in [6.45, 7) is 6.39. The van der Waals surface area contributed by atoms with Crippen LogP contribution in [0.3, 0.4) is 0 Å². The number of rotatable bonds is 2. The predicted octanol–water partition coefficient (Wildman–Crippen LogP) is 3.24. The molecule has 16 heavy (non-hydrogen) atoms. The summed E-state index contributed by atoms with van der Waals surface area (Å²) in [5.41, 5.74) is 5.07. The van der Waals surface area contributed by atoms with Gasteiger partial charge in [0.25, 0.3) is 0 Å². The largest absolute Gasteiger partial charge is 0.338 e. The van der Waals surface area contributed by atoms with Gasteiger partial charge in [0.2, 0.25) is 0 Å².